The van der Waals surface area contributed by atoms with Crippen molar-refractivity contribution in [2.45, 2.75) is 25.2 Å². The normalized spacial score (nSPS) is 11.3. The molecule has 0 heterocycles. The number of nitrogens with zero attached hydrogens (tertiary/aromatic N) is 1. The highest BCUT2D eigenvalue weighted by atomic mass is 32.2. The molecule has 1 atom stereocenters. The van der Waals surface area contributed by atoms with Gasteiger partial charge >= 0.3 is 5.97 Å². The number of benzene rings is 2. The van der Waals surface area contributed by atoms with Crippen LogP contribution in [0.1, 0.15) is 24.5 Å². The van der Waals surface area contributed by atoms with Gasteiger partial charge in [0.25, 0.3) is 5.91 Å². The van der Waals surface area contributed by atoms with Gasteiger partial charge in [0.15, 0.2) is 6.10 Å². The van der Waals surface area contributed by atoms with Crippen LogP contribution in [0.5, 0.6) is 5.75 Å². The van der Waals surface area contributed by atoms with Crippen LogP contribution in [0.4, 0.5) is 5.69 Å². The van der Waals surface area contributed by atoms with Gasteiger partial charge in [-0.05, 0) is 36.8 Å². The van der Waals surface area contributed by atoms with Gasteiger partial charge in [0.05, 0.1) is 12.0 Å². The highest BCUT2D eigenvalue weighted by Gasteiger charge is 2.16. The fourth-order valence-electron chi connectivity index (χ4n) is 2.24. The molecule has 0 bridgehead atoms. The van der Waals surface area contributed by atoms with E-state index in [-0.39, 0.29) is 12.3 Å². The Morgan fingerprint density at radius 3 is 2.78 bits per heavy atom. The highest BCUT2D eigenvalue weighted by molar-refractivity contribution is 7.98. The fraction of sp³-hybridized carbons (Fsp3) is 0.250. The Morgan fingerprint density at radius 2 is 2.04 bits per heavy atom. The number of anilines is 1. The number of aliphatic carboxylic acids is 1. The van der Waals surface area contributed by atoms with Gasteiger partial charge in [0.1, 0.15) is 11.8 Å². The second-order valence-electron chi connectivity index (χ2n) is 5.75. The number of ether oxygens (including phenoxy) is 1. The van der Waals surface area contributed by atoms with Crippen LogP contribution in [0.2, 0.25) is 0 Å². The van der Waals surface area contributed by atoms with Gasteiger partial charge < -0.3 is 15.2 Å². The molecule has 2 rings (SSSR count). The number of hydrogen-bond acceptors (Lipinski definition) is 5. The number of carbonyl (C=O) groups is 2. The fourth-order valence-corrected chi connectivity index (χ4v) is 3.12. The number of carbonyl (C=O) groups excluding carboxylic acids is 1. The number of thioether (sulfide) groups is 1. The van der Waals surface area contributed by atoms with Crippen LogP contribution in [0.15, 0.2) is 48.5 Å². The van der Waals surface area contributed by atoms with E-state index in [2.05, 4.69) is 5.32 Å². The van der Waals surface area contributed by atoms with E-state index in [1.807, 2.05) is 24.3 Å². The third kappa shape index (κ3) is 6.68. The monoisotopic (exact) mass is 384 g/mol. The lowest BCUT2D eigenvalue weighted by atomic mass is 10.2. The van der Waals surface area contributed by atoms with Crippen LogP contribution in [-0.4, -0.2) is 28.8 Å². The number of para-hydroxylation sites is 1. The first-order valence-electron chi connectivity index (χ1n) is 8.34. The van der Waals surface area contributed by atoms with Crippen LogP contribution in [0.3, 0.4) is 0 Å². The average Bonchev–Trinajstić information content (AvgIpc) is 2.66. The quantitative estimate of drug-likeness (QED) is 0.640. The molecule has 2 aromatic rings. The minimum absolute atomic E-state index is 0.125. The first kappa shape index (κ1) is 20.3. The molecule has 6 nitrogen and oxygen atoms in total. The van der Waals surface area contributed by atoms with E-state index in [4.69, 9.17) is 15.1 Å². The Bertz CT molecular complexity index is 848. The number of amides is 1. The smallest absolute Gasteiger partial charge is 0.304 e. The summed E-state index contributed by atoms with van der Waals surface area (Å²) in [6.45, 7) is 1.62. The van der Waals surface area contributed by atoms with Crippen molar-refractivity contribution in [2.75, 3.05) is 11.1 Å². The number of rotatable bonds is 9. The summed E-state index contributed by atoms with van der Waals surface area (Å²) in [5.74, 6) is 0.438. The van der Waals surface area contributed by atoms with Crippen LogP contribution < -0.4 is 10.1 Å². The van der Waals surface area contributed by atoms with Gasteiger partial charge in [-0.15, -0.1) is 0 Å². The van der Waals surface area contributed by atoms with E-state index in [0.717, 1.165) is 5.56 Å². The van der Waals surface area contributed by atoms with E-state index in [1.54, 1.807) is 37.3 Å². The summed E-state index contributed by atoms with van der Waals surface area (Å²) in [6, 6.07) is 16.2. The molecule has 0 aromatic heterocycles. The topological polar surface area (TPSA) is 99.4 Å². The van der Waals surface area contributed by atoms with E-state index < -0.39 is 12.1 Å². The number of carboxylic acids is 1. The molecule has 0 aliphatic rings. The van der Waals surface area contributed by atoms with E-state index in [9.17, 15) is 9.59 Å². The molecule has 1 unspecified atom stereocenters. The molecular formula is C20H20N2O4S. The predicted molar refractivity (Wildman–Crippen MR) is 105 cm³/mol. The molecule has 2 N–H and O–H groups in total. The Balaban J connectivity index is 1.92. The highest BCUT2D eigenvalue weighted by Crippen LogP contribution is 2.20. The summed E-state index contributed by atoms with van der Waals surface area (Å²) < 4.78 is 5.61. The van der Waals surface area contributed by atoms with E-state index in [0.29, 0.717) is 28.5 Å². The summed E-state index contributed by atoms with van der Waals surface area (Å²) in [4.78, 5) is 22.9. The maximum absolute atomic E-state index is 12.4. The largest absolute Gasteiger partial charge is 0.481 e. The zero-order valence-corrected chi connectivity index (χ0v) is 15.7. The SMILES string of the molecule is CC(Oc1ccccc1C#N)C(=O)Nc1cccc(CSCCC(=O)O)c1. The Kier molecular flexibility index (Phi) is 7.71. The molecule has 1 amide bonds. The predicted octanol–water partition coefficient (Wildman–Crippen LogP) is 3.67. The van der Waals surface area contributed by atoms with Crippen LogP contribution in [0, 0.1) is 11.3 Å². The molecule has 0 aliphatic heterocycles. The zero-order valence-electron chi connectivity index (χ0n) is 14.8. The molecule has 140 valence electrons. The Hall–Kier alpha value is -2.98. The summed E-state index contributed by atoms with van der Waals surface area (Å²) in [5.41, 5.74) is 2.00. The van der Waals surface area contributed by atoms with Crippen molar-refractivity contribution in [3.8, 4) is 11.8 Å². The van der Waals surface area contributed by atoms with Gasteiger partial charge in [0, 0.05) is 17.2 Å². The van der Waals surface area contributed by atoms with Gasteiger partial charge in [-0.1, -0.05) is 24.3 Å². The summed E-state index contributed by atoms with van der Waals surface area (Å²) >= 11 is 1.53. The van der Waals surface area contributed by atoms with Crippen molar-refractivity contribution in [1.82, 2.24) is 0 Å². The lowest BCUT2D eigenvalue weighted by molar-refractivity contribution is -0.136. The molecule has 0 spiro atoms. The third-order valence-corrected chi connectivity index (χ3v) is 4.63. The van der Waals surface area contributed by atoms with Crippen LogP contribution >= 0.6 is 11.8 Å². The summed E-state index contributed by atoms with van der Waals surface area (Å²) in [5, 5.41) is 20.5. The maximum Gasteiger partial charge on any atom is 0.304 e. The van der Waals surface area contributed by atoms with Gasteiger partial charge in [-0.2, -0.15) is 17.0 Å². The molecule has 0 radical (unpaired) electrons. The lowest BCUT2D eigenvalue weighted by Crippen LogP contribution is -2.30. The van der Waals surface area contributed by atoms with Crippen molar-refractivity contribution in [1.29, 1.82) is 5.26 Å². The van der Waals surface area contributed by atoms with Crippen LogP contribution in [-0.2, 0) is 15.3 Å². The van der Waals surface area contributed by atoms with Gasteiger partial charge in [-0.25, -0.2) is 0 Å². The van der Waals surface area contributed by atoms with Crippen molar-refractivity contribution in [3.63, 3.8) is 0 Å². The Morgan fingerprint density at radius 1 is 1.26 bits per heavy atom. The third-order valence-electron chi connectivity index (χ3n) is 3.60. The van der Waals surface area contributed by atoms with Gasteiger partial charge in [-0.3, -0.25) is 9.59 Å². The first-order valence-corrected chi connectivity index (χ1v) is 9.50. The standard InChI is InChI=1S/C20H20N2O4S/c1-14(26-18-8-3-2-6-16(18)12-21)20(25)22-17-7-4-5-15(11-17)13-27-10-9-19(23)24/h2-8,11,14H,9-10,13H2,1H3,(H,22,25)(H,23,24). The first-order chi connectivity index (χ1) is 13.0. The second-order valence-corrected chi connectivity index (χ2v) is 6.86. The van der Waals surface area contributed by atoms with Crippen molar-refractivity contribution >= 4 is 29.3 Å². The average molecular weight is 384 g/mol. The summed E-state index contributed by atoms with van der Waals surface area (Å²) in [6.07, 6.45) is -0.645. The molecule has 0 fully saturated rings. The maximum atomic E-state index is 12.4. The van der Waals surface area contributed by atoms with Crippen LogP contribution in [0.25, 0.3) is 0 Å². The summed E-state index contributed by atoms with van der Waals surface area (Å²) in [7, 11) is 0. The molecule has 27 heavy (non-hydrogen) atoms. The molecular weight excluding hydrogens is 364 g/mol. The molecule has 0 saturated heterocycles. The van der Waals surface area contributed by atoms with E-state index in [1.165, 1.54) is 11.8 Å². The molecule has 0 aliphatic carbocycles. The Labute approximate surface area is 162 Å². The minimum atomic E-state index is -0.810. The van der Waals surface area contributed by atoms with Gasteiger partial charge in [0.2, 0.25) is 0 Å². The number of carboxylic acid groups (broad SMARTS) is 1. The number of nitriles is 1. The molecule has 2 aromatic carbocycles. The van der Waals surface area contributed by atoms with Crippen molar-refractivity contribution < 1.29 is 19.4 Å². The lowest BCUT2D eigenvalue weighted by Gasteiger charge is -2.16. The number of nitrogens with one attached hydrogen (secondary N) is 1. The van der Waals surface area contributed by atoms with Crippen molar-refractivity contribution in [3.05, 3.63) is 59.7 Å². The van der Waals surface area contributed by atoms with Crippen molar-refractivity contribution in [2.24, 2.45) is 0 Å². The molecule has 0 saturated carbocycles. The van der Waals surface area contributed by atoms with E-state index >= 15 is 0 Å². The second kappa shape index (κ2) is 10.2. The number of hydrogen-bond donors (Lipinski definition) is 2. The zero-order chi connectivity index (χ0) is 19.6. The minimum Gasteiger partial charge on any atom is -0.481 e. The molecule has 7 heteroatoms.